The van der Waals surface area contributed by atoms with Gasteiger partial charge in [0.2, 0.25) is 23.6 Å². The van der Waals surface area contributed by atoms with Crippen LogP contribution in [0.3, 0.4) is 0 Å². The van der Waals surface area contributed by atoms with Crippen LogP contribution in [0.4, 0.5) is 10.5 Å². The maximum absolute atomic E-state index is 13.0. The van der Waals surface area contributed by atoms with E-state index in [9.17, 15) is 24.0 Å². The number of hydrogen-bond acceptors (Lipinski definition) is 11. The second-order valence-corrected chi connectivity index (χ2v) is 14.1. The van der Waals surface area contributed by atoms with E-state index in [1.807, 2.05) is 34.6 Å². The van der Waals surface area contributed by atoms with Crippen LogP contribution >= 0.6 is 0 Å². The van der Waals surface area contributed by atoms with E-state index in [4.69, 9.17) is 28.4 Å². The summed E-state index contributed by atoms with van der Waals surface area (Å²) in [5.41, 5.74) is 1.20. The standard InChI is InChI=1S/C37H63N5O11/c1-26(2)33(35(46)40-28(5)34(45)41-30-11-9-29(10-12-30)23-53-36(47)39-25-37(6,7)8)42-31(43)13-15-48-17-19-50-21-22-51-20-18-49-16-14-38-32(44)24-52-27(3)4/h9-12,26-28,33H,13-25H2,1-8H3,(H,38,44)(H,39,47)(H,40,46)(H,41,45)(H,42,43)/t28-,33-/m0/s1. The molecule has 0 aliphatic rings. The molecule has 0 aliphatic heterocycles. The van der Waals surface area contributed by atoms with Gasteiger partial charge in [-0.1, -0.05) is 46.8 Å². The molecular formula is C37H63N5O11. The van der Waals surface area contributed by atoms with Crippen molar-refractivity contribution >= 4 is 35.4 Å². The van der Waals surface area contributed by atoms with E-state index in [1.54, 1.807) is 45.0 Å². The van der Waals surface area contributed by atoms with Crippen molar-refractivity contribution in [3.05, 3.63) is 29.8 Å². The summed E-state index contributed by atoms with van der Waals surface area (Å²) in [5, 5.41) is 13.6. The smallest absolute Gasteiger partial charge is 0.407 e. The molecule has 302 valence electrons. The Balaban J connectivity index is 2.20. The lowest BCUT2D eigenvalue weighted by Crippen LogP contribution is -2.53. The Morgan fingerprint density at radius 1 is 0.679 bits per heavy atom. The molecule has 2 atom stereocenters. The van der Waals surface area contributed by atoms with Crippen molar-refractivity contribution in [1.29, 1.82) is 0 Å². The number of benzene rings is 1. The van der Waals surface area contributed by atoms with Gasteiger partial charge in [0.25, 0.3) is 0 Å². The zero-order valence-corrected chi connectivity index (χ0v) is 32.8. The fraction of sp³-hybridized carbons (Fsp3) is 0.703. The minimum Gasteiger partial charge on any atom is -0.445 e. The molecule has 16 heteroatoms. The zero-order chi connectivity index (χ0) is 39.6. The highest BCUT2D eigenvalue weighted by Gasteiger charge is 2.27. The number of ether oxygens (including phenoxy) is 6. The van der Waals surface area contributed by atoms with E-state index in [1.165, 1.54) is 0 Å². The fourth-order valence-corrected chi connectivity index (χ4v) is 4.10. The van der Waals surface area contributed by atoms with Crippen molar-refractivity contribution in [3.8, 4) is 0 Å². The van der Waals surface area contributed by atoms with Crippen LogP contribution in [-0.2, 0) is 54.2 Å². The molecule has 0 spiro atoms. The second-order valence-electron chi connectivity index (χ2n) is 14.1. The molecule has 0 heterocycles. The highest BCUT2D eigenvalue weighted by atomic mass is 16.6. The number of amides is 5. The Labute approximate surface area is 314 Å². The minimum absolute atomic E-state index is 0.00377. The topological polar surface area (TPSA) is 201 Å². The van der Waals surface area contributed by atoms with Gasteiger partial charge in [-0.15, -0.1) is 0 Å². The first-order valence-electron chi connectivity index (χ1n) is 18.2. The quantitative estimate of drug-likeness (QED) is 0.0828. The van der Waals surface area contributed by atoms with Gasteiger partial charge in [0.15, 0.2) is 0 Å². The Morgan fingerprint density at radius 3 is 1.79 bits per heavy atom. The first-order valence-corrected chi connectivity index (χ1v) is 18.2. The third-order valence-corrected chi connectivity index (χ3v) is 7.08. The molecule has 0 bridgehead atoms. The minimum atomic E-state index is -0.877. The molecule has 0 aliphatic carbocycles. The third kappa shape index (κ3) is 24.9. The van der Waals surface area contributed by atoms with Crippen LogP contribution in [0, 0.1) is 11.3 Å². The lowest BCUT2D eigenvalue weighted by molar-refractivity contribution is -0.132. The summed E-state index contributed by atoms with van der Waals surface area (Å²) in [5.74, 6) is -1.68. The van der Waals surface area contributed by atoms with E-state index < -0.39 is 30.0 Å². The molecule has 0 radical (unpaired) electrons. The number of hydrogen-bond donors (Lipinski definition) is 5. The summed E-state index contributed by atoms with van der Waals surface area (Å²) >= 11 is 0. The molecular weight excluding hydrogens is 690 g/mol. The van der Waals surface area contributed by atoms with Crippen LogP contribution in [0.25, 0.3) is 0 Å². The molecule has 1 rings (SSSR count). The molecule has 5 N–H and O–H groups in total. The maximum atomic E-state index is 13.0. The first-order chi connectivity index (χ1) is 25.1. The zero-order valence-electron chi connectivity index (χ0n) is 32.8. The van der Waals surface area contributed by atoms with Crippen LogP contribution < -0.4 is 26.6 Å². The summed E-state index contributed by atoms with van der Waals surface area (Å²) in [6.07, 6.45) is -0.451. The molecule has 53 heavy (non-hydrogen) atoms. The van der Waals surface area contributed by atoms with Crippen molar-refractivity contribution in [2.24, 2.45) is 11.3 Å². The van der Waals surface area contributed by atoms with Gasteiger partial charge in [0.1, 0.15) is 25.3 Å². The lowest BCUT2D eigenvalue weighted by atomic mass is 9.97. The lowest BCUT2D eigenvalue weighted by Gasteiger charge is -2.24. The Morgan fingerprint density at radius 2 is 1.25 bits per heavy atom. The van der Waals surface area contributed by atoms with Crippen LogP contribution in [0.5, 0.6) is 0 Å². The van der Waals surface area contributed by atoms with Crippen molar-refractivity contribution in [1.82, 2.24) is 21.3 Å². The van der Waals surface area contributed by atoms with Crippen LogP contribution in [0.1, 0.15) is 67.4 Å². The predicted octanol–water partition coefficient (Wildman–Crippen LogP) is 2.54. The second kappa shape index (κ2) is 26.9. The van der Waals surface area contributed by atoms with E-state index >= 15 is 0 Å². The molecule has 0 aromatic heterocycles. The van der Waals surface area contributed by atoms with Crippen LogP contribution in [0.2, 0.25) is 0 Å². The van der Waals surface area contributed by atoms with E-state index in [0.717, 1.165) is 5.56 Å². The average molecular weight is 754 g/mol. The van der Waals surface area contributed by atoms with Gasteiger partial charge < -0.3 is 55.0 Å². The van der Waals surface area contributed by atoms with Gasteiger partial charge in [0, 0.05) is 25.2 Å². The largest absolute Gasteiger partial charge is 0.445 e. The SMILES string of the molecule is CC(C)OCC(=O)NCCOCCOCCOCCOCCC(=O)N[C@H](C(=O)N[C@@H](C)C(=O)Nc1ccc(COC(=O)NCC(C)(C)C)cc1)C(C)C. The van der Waals surface area contributed by atoms with Gasteiger partial charge in [-0.25, -0.2) is 4.79 Å². The highest BCUT2D eigenvalue weighted by molar-refractivity contribution is 5.98. The molecule has 0 unspecified atom stereocenters. The van der Waals surface area contributed by atoms with Crippen molar-refractivity contribution in [3.63, 3.8) is 0 Å². The Bertz CT molecular complexity index is 1220. The Hall–Kier alpha value is -3.83. The van der Waals surface area contributed by atoms with E-state index in [-0.39, 0.29) is 62.1 Å². The fourth-order valence-electron chi connectivity index (χ4n) is 4.10. The van der Waals surface area contributed by atoms with E-state index in [0.29, 0.717) is 58.4 Å². The molecule has 5 amide bonds. The number of carbonyl (C=O) groups excluding carboxylic acids is 5. The van der Waals surface area contributed by atoms with Crippen molar-refractivity contribution in [2.45, 2.75) is 86.6 Å². The maximum Gasteiger partial charge on any atom is 0.407 e. The van der Waals surface area contributed by atoms with E-state index in [2.05, 4.69) is 26.6 Å². The van der Waals surface area contributed by atoms with Crippen molar-refractivity contribution < 1.29 is 52.4 Å². The molecule has 0 fully saturated rings. The van der Waals surface area contributed by atoms with Gasteiger partial charge in [-0.2, -0.15) is 0 Å². The van der Waals surface area contributed by atoms with Gasteiger partial charge in [0.05, 0.1) is 59.0 Å². The predicted molar refractivity (Wildman–Crippen MR) is 199 cm³/mol. The van der Waals surface area contributed by atoms with Crippen LogP contribution in [-0.4, -0.2) is 120 Å². The Kier molecular flexibility index (Phi) is 23.9. The monoisotopic (exact) mass is 753 g/mol. The highest BCUT2D eigenvalue weighted by Crippen LogP contribution is 2.13. The number of nitrogens with one attached hydrogen (secondary N) is 5. The number of anilines is 1. The molecule has 1 aromatic carbocycles. The molecule has 0 saturated carbocycles. The summed E-state index contributed by atoms with van der Waals surface area (Å²) in [6.45, 7) is 18.6. The number of alkyl carbamates (subject to hydrolysis) is 1. The number of carbonyl (C=O) groups is 5. The van der Waals surface area contributed by atoms with Gasteiger partial charge in [-0.05, 0) is 49.8 Å². The summed E-state index contributed by atoms with van der Waals surface area (Å²) in [6, 6.07) is 5.09. The molecule has 1 aromatic rings. The first kappa shape index (κ1) is 47.2. The van der Waals surface area contributed by atoms with Crippen LogP contribution in [0.15, 0.2) is 24.3 Å². The van der Waals surface area contributed by atoms with Gasteiger partial charge in [-0.3, -0.25) is 19.2 Å². The average Bonchev–Trinajstić information content (AvgIpc) is 3.09. The summed E-state index contributed by atoms with van der Waals surface area (Å²) < 4.78 is 32.2. The third-order valence-electron chi connectivity index (χ3n) is 7.08. The van der Waals surface area contributed by atoms with Crippen molar-refractivity contribution in [2.75, 3.05) is 77.9 Å². The molecule has 16 nitrogen and oxygen atoms in total. The summed E-state index contributed by atoms with van der Waals surface area (Å²) in [4.78, 5) is 61.7. The normalized spacial score (nSPS) is 12.6. The molecule has 0 saturated heterocycles. The summed E-state index contributed by atoms with van der Waals surface area (Å²) in [7, 11) is 0. The number of rotatable bonds is 27. The van der Waals surface area contributed by atoms with Gasteiger partial charge >= 0.3 is 6.09 Å².